The van der Waals surface area contributed by atoms with Crippen LogP contribution in [-0.2, 0) is 19.4 Å². The van der Waals surface area contributed by atoms with E-state index in [1.807, 2.05) is 7.05 Å². The largest absolute Gasteiger partial charge is 0.361 e. The molecular weight excluding hydrogens is 304 g/mol. The number of hydrogen-bond donors (Lipinski definition) is 1. The van der Waals surface area contributed by atoms with E-state index in [0.717, 1.165) is 43.9 Å². The number of urea groups is 1. The topological polar surface area (TPSA) is 61.6 Å². The molecule has 1 N–H and O–H groups in total. The maximum absolute atomic E-state index is 12.4. The highest BCUT2D eigenvalue weighted by molar-refractivity contribution is 5.73. The molecule has 1 saturated heterocycles. The minimum atomic E-state index is -0.0226. The molecule has 0 bridgehead atoms. The van der Waals surface area contributed by atoms with Gasteiger partial charge in [0.1, 0.15) is 11.5 Å². The molecule has 0 radical (unpaired) electrons. The van der Waals surface area contributed by atoms with Gasteiger partial charge in [-0.15, -0.1) is 0 Å². The average Bonchev–Trinajstić information content (AvgIpc) is 3.20. The zero-order chi connectivity index (χ0) is 17.1. The normalized spacial score (nSPS) is 21.1. The second-order valence-electron chi connectivity index (χ2n) is 7.52. The van der Waals surface area contributed by atoms with Crippen LogP contribution >= 0.6 is 0 Å². The van der Waals surface area contributed by atoms with E-state index in [9.17, 15) is 4.79 Å². The van der Waals surface area contributed by atoms with E-state index in [-0.39, 0.29) is 6.03 Å². The molecule has 1 atom stereocenters. The first-order valence-corrected chi connectivity index (χ1v) is 9.24. The lowest BCUT2D eigenvalue weighted by Crippen LogP contribution is -2.40. The quantitative estimate of drug-likeness (QED) is 0.898. The monoisotopic (exact) mass is 334 g/mol. The first-order chi connectivity index (χ1) is 11.5. The summed E-state index contributed by atoms with van der Waals surface area (Å²) in [7, 11) is 1.83. The average molecular weight is 334 g/mol. The van der Waals surface area contributed by atoms with E-state index in [0.29, 0.717) is 18.5 Å². The Bertz CT molecular complexity index is 569. The van der Waals surface area contributed by atoms with E-state index < -0.39 is 0 Å². The van der Waals surface area contributed by atoms with Crippen molar-refractivity contribution in [2.45, 2.75) is 58.5 Å². The lowest BCUT2D eigenvalue weighted by Gasteiger charge is -2.21. The van der Waals surface area contributed by atoms with Crippen LogP contribution in [0.5, 0.6) is 0 Å². The molecule has 6 nitrogen and oxygen atoms in total. The van der Waals surface area contributed by atoms with E-state index in [1.54, 1.807) is 4.90 Å². The standard InChI is InChI=1S/C18H30N4O2/c1-13(2)22-9-8-14(11-22)10-19-18(23)21(3)12-16-15-6-4-5-7-17(15)24-20-16/h13-14H,4-12H2,1-3H3,(H,19,23)/t14-/m1/s1. The van der Waals surface area contributed by atoms with E-state index in [4.69, 9.17) is 4.52 Å². The van der Waals surface area contributed by atoms with E-state index in [1.165, 1.54) is 24.8 Å². The van der Waals surface area contributed by atoms with Gasteiger partial charge < -0.3 is 19.6 Å². The minimum Gasteiger partial charge on any atom is -0.361 e. The second-order valence-corrected chi connectivity index (χ2v) is 7.52. The van der Waals surface area contributed by atoms with Crippen molar-refractivity contribution >= 4 is 6.03 Å². The zero-order valence-electron chi connectivity index (χ0n) is 15.2. The number of nitrogens with one attached hydrogen (secondary N) is 1. The number of fused-ring (bicyclic) bond motifs is 1. The third-order valence-corrected chi connectivity index (χ3v) is 5.35. The third kappa shape index (κ3) is 3.91. The summed E-state index contributed by atoms with van der Waals surface area (Å²) in [5.41, 5.74) is 2.15. The van der Waals surface area contributed by atoms with Crippen LogP contribution < -0.4 is 5.32 Å². The van der Waals surface area contributed by atoms with Gasteiger partial charge in [-0.05, 0) is 52.0 Å². The number of amides is 2. The van der Waals surface area contributed by atoms with Crippen molar-refractivity contribution in [3.05, 3.63) is 17.0 Å². The Kier molecular flexibility index (Phi) is 5.43. The van der Waals surface area contributed by atoms with Gasteiger partial charge >= 0.3 is 6.03 Å². The Morgan fingerprint density at radius 1 is 1.42 bits per heavy atom. The van der Waals surface area contributed by atoms with Crippen LogP contribution in [0.2, 0.25) is 0 Å². The predicted molar refractivity (Wildman–Crippen MR) is 92.8 cm³/mol. The van der Waals surface area contributed by atoms with Gasteiger partial charge in [0.25, 0.3) is 0 Å². The van der Waals surface area contributed by atoms with E-state index >= 15 is 0 Å². The summed E-state index contributed by atoms with van der Waals surface area (Å²) in [6, 6.07) is 0.567. The number of hydrogen-bond acceptors (Lipinski definition) is 4. The van der Waals surface area contributed by atoms with Crippen LogP contribution in [0, 0.1) is 5.92 Å². The summed E-state index contributed by atoms with van der Waals surface area (Å²) in [4.78, 5) is 16.5. The third-order valence-electron chi connectivity index (χ3n) is 5.35. The van der Waals surface area contributed by atoms with Crippen molar-refractivity contribution in [1.29, 1.82) is 0 Å². The maximum atomic E-state index is 12.4. The molecule has 2 aliphatic rings. The molecule has 2 amide bonds. The fraction of sp³-hybridized carbons (Fsp3) is 0.778. The minimum absolute atomic E-state index is 0.0226. The summed E-state index contributed by atoms with van der Waals surface area (Å²) in [5, 5.41) is 7.26. The van der Waals surface area contributed by atoms with Crippen molar-refractivity contribution in [2.24, 2.45) is 5.92 Å². The number of aryl methyl sites for hydroxylation is 1. The fourth-order valence-electron chi connectivity index (χ4n) is 3.73. The van der Waals surface area contributed by atoms with Crippen LogP contribution in [0.15, 0.2) is 4.52 Å². The lowest BCUT2D eigenvalue weighted by molar-refractivity contribution is 0.202. The molecule has 0 spiro atoms. The number of carbonyl (C=O) groups excluding carboxylic acids is 1. The molecule has 1 aromatic heterocycles. The lowest BCUT2D eigenvalue weighted by atomic mass is 9.96. The van der Waals surface area contributed by atoms with Crippen molar-refractivity contribution in [2.75, 3.05) is 26.7 Å². The van der Waals surface area contributed by atoms with Crippen LogP contribution in [0.1, 0.15) is 50.1 Å². The van der Waals surface area contributed by atoms with Gasteiger partial charge in [0, 0.05) is 38.2 Å². The van der Waals surface area contributed by atoms with Crippen LogP contribution in [0.25, 0.3) is 0 Å². The first-order valence-electron chi connectivity index (χ1n) is 9.24. The number of aromatic nitrogens is 1. The number of carbonyl (C=O) groups is 1. The van der Waals surface area contributed by atoms with Gasteiger partial charge in [0.05, 0.1) is 6.54 Å². The van der Waals surface area contributed by atoms with Gasteiger partial charge in [-0.3, -0.25) is 0 Å². The highest BCUT2D eigenvalue weighted by atomic mass is 16.5. The molecule has 1 aliphatic heterocycles. The van der Waals surface area contributed by atoms with Gasteiger partial charge in [-0.25, -0.2) is 4.79 Å². The first kappa shape index (κ1) is 17.3. The summed E-state index contributed by atoms with van der Waals surface area (Å²) in [5.74, 6) is 1.58. The molecule has 134 valence electrons. The zero-order valence-corrected chi connectivity index (χ0v) is 15.2. The molecule has 3 rings (SSSR count). The highest BCUT2D eigenvalue weighted by Crippen LogP contribution is 2.25. The van der Waals surface area contributed by atoms with Crippen LogP contribution in [0.3, 0.4) is 0 Å². The van der Waals surface area contributed by atoms with Crippen molar-refractivity contribution in [1.82, 2.24) is 20.3 Å². The molecule has 24 heavy (non-hydrogen) atoms. The summed E-state index contributed by atoms with van der Waals surface area (Å²) < 4.78 is 5.43. The van der Waals surface area contributed by atoms with Crippen LogP contribution in [-0.4, -0.2) is 53.7 Å². The van der Waals surface area contributed by atoms with Crippen LogP contribution in [0.4, 0.5) is 4.79 Å². The fourth-order valence-corrected chi connectivity index (χ4v) is 3.73. The molecule has 1 aliphatic carbocycles. The molecule has 0 unspecified atom stereocenters. The van der Waals surface area contributed by atoms with Crippen molar-refractivity contribution in [3.8, 4) is 0 Å². The summed E-state index contributed by atoms with van der Waals surface area (Å²) in [6.07, 6.45) is 5.53. The molecule has 1 fully saturated rings. The second kappa shape index (κ2) is 7.55. The summed E-state index contributed by atoms with van der Waals surface area (Å²) >= 11 is 0. The Morgan fingerprint density at radius 3 is 2.96 bits per heavy atom. The SMILES string of the molecule is CC(C)N1CC[C@H](CNC(=O)N(C)Cc2noc3c2CCCC3)C1. The van der Waals surface area contributed by atoms with Crippen molar-refractivity contribution < 1.29 is 9.32 Å². The number of nitrogens with zero attached hydrogens (tertiary/aromatic N) is 3. The molecule has 2 heterocycles. The van der Waals surface area contributed by atoms with Gasteiger partial charge in [0.15, 0.2) is 0 Å². The molecule has 0 aromatic carbocycles. The molecule has 1 aromatic rings. The Morgan fingerprint density at radius 2 is 2.21 bits per heavy atom. The molecule has 6 heteroatoms. The van der Waals surface area contributed by atoms with Gasteiger partial charge in [0.2, 0.25) is 0 Å². The maximum Gasteiger partial charge on any atom is 0.317 e. The predicted octanol–water partition coefficient (Wildman–Crippen LogP) is 2.43. The molecule has 0 saturated carbocycles. The summed E-state index contributed by atoms with van der Waals surface area (Å²) in [6.45, 7) is 7.95. The number of rotatable bonds is 5. The van der Waals surface area contributed by atoms with Gasteiger partial charge in [-0.2, -0.15) is 0 Å². The Hall–Kier alpha value is -1.56. The number of likely N-dealkylation sites (tertiary alicyclic amines) is 1. The molecular formula is C18H30N4O2. The van der Waals surface area contributed by atoms with Crippen molar-refractivity contribution in [3.63, 3.8) is 0 Å². The Balaban J connectivity index is 1.46. The van der Waals surface area contributed by atoms with E-state index in [2.05, 4.69) is 29.2 Å². The Labute approximate surface area is 144 Å². The highest BCUT2D eigenvalue weighted by Gasteiger charge is 2.25. The van der Waals surface area contributed by atoms with Gasteiger partial charge in [-0.1, -0.05) is 5.16 Å². The smallest absolute Gasteiger partial charge is 0.317 e.